The first-order valence-corrected chi connectivity index (χ1v) is 21.7. The van der Waals surface area contributed by atoms with E-state index in [2.05, 4.69) is 0 Å². The molecule has 0 aliphatic carbocycles. The number of rotatable bonds is 14. The van der Waals surface area contributed by atoms with Crippen molar-refractivity contribution in [2.45, 2.75) is 116 Å². The second-order valence-corrected chi connectivity index (χ2v) is 16.3. The maximum Gasteiger partial charge on any atom is 0.303 e. The lowest BCUT2D eigenvalue weighted by Crippen LogP contribution is -2.55. The number of aliphatic hydroxyl groups excluding tert-OH is 4. The molecule has 10 atom stereocenters. The summed E-state index contributed by atoms with van der Waals surface area (Å²) in [4.78, 5) is 23.8. The molecule has 14 heteroatoms. The molecule has 2 heterocycles. The van der Waals surface area contributed by atoms with Crippen LogP contribution < -0.4 is 9.47 Å². The molecule has 0 amide bonds. The third kappa shape index (κ3) is 12.5. The highest BCUT2D eigenvalue weighted by Gasteiger charge is 2.48. The molecule has 0 spiro atoms. The van der Waals surface area contributed by atoms with Crippen LogP contribution >= 0.6 is 23.2 Å². The van der Waals surface area contributed by atoms with Gasteiger partial charge in [0, 0.05) is 29.8 Å². The van der Waals surface area contributed by atoms with Crippen molar-refractivity contribution >= 4 is 35.1 Å². The van der Waals surface area contributed by atoms with E-state index in [4.69, 9.17) is 51.6 Å². The molecular formula is C48H58Cl2O12. The van der Waals surface area contributed by atoms with Gasteiger partial charge in [-0.05, 0) is 103 Å². The molecule has 4 aromatic carbocycles. The summed E-state index contributed by atoms with van der Waals surface area (Å²) in [6, 6.07) is 26.5. The van der Waals surface area contributed by atoms with E-state index in [9.17, 15) is 30.0 Å². The van der Waals surface area contributed by atoms with Crippen LogP contribution in [-0.4, -0.2) is 94.9 Å². The fourth-order valence-corrected chi connectivity index (χ4v) is 8.24. The molecule has 336 valence electrons. The van der Waals surface area contributed by atoms with Crippen LogP contribution in [0.2, 0.25) is 10.0 Å². The molecule has 4 N–H and O–H groups in total. The van der Waals surface area contributed by atoms with Crippen LogP contribution in [-0.2, 0) is 41.4 Å². The van der Waals surface area contributed by atoms with Crippen molar-refractivity contribution in [3.8, 4) is 11.5 Å². The predicted molar refractivity (Wildman–Crippen MR) is 235 cm³/mol. The second-order valence-electron chi connectivity index (χ2n) is 15.5. The number of hydrogen-bond donors (Lipinski definition) is 4. The van der Waals surface area contributed by atoms with Gasteiger partial charge in [-0.15, -0.1) is 0 Å². The Bertz CT molecular complexity index is 2060. The Morgan fingerprint density at radius 3 is 1.50 bits per heavy atom. The third-order valence-electron chi connectivity index (χ3n) is 11.0. The molecular weight excluding hydrogens is 839 g/mol. The van der Waals surface area contributed by atoms with Gasteiger partial charge in [0.25, 0.3) is 0 Å². The minimum Gasteiger partial charge on any atom is -0.494 e. The van der Waals surface area contributed by atoms with Crippen molar-refractivity contribution < 1.29 is 58.4 Å². The minimum absolute atomic E-state index is 0.134. The number of carbonyl (C=O) groups excluding carboxylic acids is 2. The van der Waals surface area contributed by atoms with E-state index in [-0.39, 0.29) is 12.0 Å². The van der Waals surface area contributed by atoms with E-state index >= 15 is 0 Å². The molecule has 0 radical (unpaired) electrons. The van der Waals surface area contributed by atoms with Crippen LogP contribution in [0.5, 0.6) is 11.5 Å². The second kappa shape index (κ2) is 22.9. The molecule has 62 heavy (non-hydrogen) atoms. The zero-order valence-corrected chi connectivity index (χ0v) is 37.4. The van der Waals surface area contributed by atoms with Crippen LogP contribution in [0, 0.1) is 5.92 Å². The van der Waals surface area contributed by atoms with Gasteiger partial charge in [-0.1, -0.05) is 85.6 Å². The van der Waals surface area contributed by atoms with Gasteiger partial charge in [-0.25, -0.2) is 0 Å². The number of halogens is 2. The standard InChI is InChI=1S/C27H33ClO6.C21H25ClO6/c1-6-24-16(3)25(32-17(4)29)27(33-18(5)30)26(34-24)20-10-13-23(28)21(15-20)14-19-8-11-22(12-9-19)31-7-2;1-2-27-15-6-3-12(4-7-15)9-14-10-13(5-8-16(14)22)21-20(26)19(25)18(24)17(11-23)28-21/h8-13,15-16,24-27H,6-7,14H2,1-5H3;3-8,10,17-21,23-26H,2,9,11H2,1H3/t16-,24-,25+,26?,27-;17-,18-,19+,20-,21?/m11/s1. The monoisotopic (exact) mass is 896 g/mol. The summed E-state index contributed by atoms with van der Waals surface area (Å²) < 4.78 is 34.3. The van der Waals surface area contributed by atoms with E-state index in [1.807, 2.05) is 100 Å². The maximum atomic E-state index is 12.0. The van der Waals surface area contributed by atoms with Gasteiger partial charge in [-0.3, -0.25) is 9.59 Å². The molecule has 2 aliphatic rings. The summed E-state index contributed by atoms with van der Waals surface area (Å²) in [6.07, 6.45) is -6.17. The highest BCUT2D eigenvalue weighted by atomic mass is 35.5. The van der Waals surface area contributed by atoms with Gasteiger partial charge in [0.2, 0.25) is 0 Å². The first-order valence-electron chi connectivity index (χ1n) is 21.0. The van der Waals surface area contributed by atoms with Crippen molar-refractivity contribution in [2.75, 3.05) is 19.8 Å². The number of ether oxygens (including phenoxy) is 6. The van der Waals surface area contributed by atoms with E-state index in [0.29, 0.717) is 41.7 Å². The summed E-state index contributed by atoms with van der Waals surface area (Å²) in [7, 11) is 0. The van der Waals surface area contributed by atoms with Gasteiger partial charge in [0.1, 0.15) is 54.2 Å². The molecule has 4 aromatic rings. The van der Waals surface area contributed by atoms with Crippen LogP contribution in [0.3, 0.4) is 0 Å². The van der Waals surface area contributed by atoms with Gasteiger partial charge in [-0.2, -0.15) is 0 Å². The molecule has 0 aromatic heterocycles. The van der Waals surface area contributed by atoms with Crippen molar-refractivity contribution in [3.05, 3.63) is 128 Å². The molecule has 2 unspecified atom stereocenters. The van der Waals surface area contributed by atoms with Gasteiger partial charge in [0.15, 0.2) is 6.10 Å². The Morgan fingerprint density at radius 2 is 1.06 bits per heavy atom. The average Bonchev–Trinajstić information content (AvgIpc) is 3.25. The molecule has 12 nitrogen and oxygen atoms in total. The highest BCUT2D eigenvalue weighted by Crippen LogP contribution is 2.41. The van der Waals surface area contributed by atoms with Crippen molar-refractivity contribution in [3.63, 3.8) is 0 Å². The summed E-state index contributed by atoms with van der Waals surface area (Å²) >= 11 is 12.9. The Morgan fingerprint density at radius 1 is 0.613 bits per heavy atom. The Labute approximate surface area is 373 Å². The number of hydrogen-bond acceptors (Lipinski definition) is 12. The molecule has 2 saturated heterocycles. The average molecular weight is 898 g/mol. The number of esters is 2. The zero-order valence-electron chi connectivity index (χ0n) is 35.9. The van der Waals surface area contributed by atoms with E-state index in [1.165, 1.54) is 13.8 Å². The zero-order chi connectivity index (χ0) is 45.1. The lowest BCUT2D eigenvalue weighted by atomic mass is 9.84. The number of carbonyl (C=O) groups is 2. The van der Waals surface area contributed by atoms with Crippen LogP contribution in [0.4, 0.5) is 0 Å². The quantitative estimate of drug-likeness (QED) is 0.0920. The summed E-state index contributed by atoms with van der Waals surface area (Å²) in [5.41, 5.74) is 5.31. The fraction of sp³-hybridized carbons (Fsp3) is 0.458. The maximum absolute atomic E-state index is 12.0. The minimum atomic E-state index is -1.42. The predicted octanol–water partition coefficient (Wildman–Crippen LogP) is 7.52. The van der Waals surface area contributed by atoms with Crippen LogP contribution in [0.1, 0.15) is 93.6 Å². The lowest BCUT2D eigenvalue weighted by Gasteiger charge is -2.44. The van der Waals surface area contributed by atoms with Crippen LogP contribution in [0.25, 0.3) is 0 Å². The molecule has 0 saturated carbocycles. The summed E-state index contributed by atoms with van der Waals surface area (Å²) in [6.45, 7) is 11.3. The topological polar surface area (TPSA) is 170 Å². The highest BCUT2D eigenvalue weighted by molar-refractivity contribution is 6.31. The van der Waals surface area contributed by atoms with Crippen molar-refractivity contribution in [2.24, 2.45) is 5.92 Å². The SMILES string of the molecule is CCOc1ccc(Cc2cc(C3O[C@H](CC)[C@@H](C)[C@H](OC(C)=O)[C@H]3OC(C)=O)ccc2Cl)cc1.CCOc1ccc(Cc2cc(C3O[C@H](CO)[C@@H](O)[C@H](O)[C@H]3O)ccc2Cl)cc1. The van der Waals surface area contributed by atoms with E-state index in [1.54, 1.807) is 12.1 Å². The third-order valence-corrected chi connectivity index (χ3v) is 11.7. The van der Waals surface area contributed by atoms with E-state index < -0.39 is 67.4 Å². The number of aliphatic hydroxyl groups is 4. The van der Waals surface area contributed by atoms with Crippen LogP contribution in [0.15, 0.2) is 84.9 Å². The summed E-state index contributed by atoms with van der Waals surface area (Å²) in [5, 5.41) is 40.9. The Kier molecular flexibility index (Phi) is 18.0. The first kappa shape index (κ1) is 48.8. The normalized spacial score (nSPS) is 25.8. The number of benzene rings is 4. The largest absolute Gasteiger partial charge is 0.494 e. The van der Waals surface area contributed by atoms with Crippen molar-refractivity contribution in [1.82, 2.24) is 0 Å². The Hall–Kier alpha value is -4.24. The Balaban J connectivity index is 0.000000238. The van der Waals surface area contributed by atoms with Crippen molar-refractivity contribution in [1.29, 1.82) is 0 Å². The van der Waals surface area contributed by atoms with Gasteiger partial charge < -0.3 is 48.8 Å². The first-order chi connectivity index (χ1) is 29.7. The smallest absolute Gasteiger partial charge is 0.303 e. The van der Waals surface area contributed by atoms with Gasteiger partial charge in [0.05, 0.1) is 25.9 Å². The molecule has 0 bridgehead atoms. The van der Waals surface area contributed by atoms with E-state index in [0.717, 1.165) is 45.7 Å². The summed E-state index contributed by atoms with van der Waals surface area (Å²) in [5.74, 6) is 0.609. The fourth-order valence-electron chi connectivity index (χ4n) is 7.87. The molecule has 2 fully saturated rings. The lowest BCUT2D eigenvalue weighted by molar-refractivity contribution is -0.231. The van der Waals surface area contributed by atoms with Gasteiger partial charge >= 0.3 is 11.9 Å². The molecule has 6 rings (SSSR count). The molecule has 2 aliphatic heterocycles.